The van der Waals surface area contributed by atoms with Gasteiger partial charge in [-0.1, -0.05) is 49.1 Å². The van der Waals surface area contributed by atoms with Crippen molar-refractivity contribution in [2.45, 2.75) is 6.92 Å². The van der Waals surface area contributed by atoms with Gasteiger partial charge in [0.1, 0.15) is 0 Å². The fourth-order valence-electron chi connectivity index (χ4n) is 2.99. The molecule has 134 valence electrons. The van der Waals surface area contributed by atoms with Crippen LogP contribution in [-0.2, 0) is 0 Å². The van der Waals surface area contributed by atoms with Crippen LogP contribution >= 0.6 is 0 Å². The Morgan fingerprint density at radius 1 is 1.00 bits per heavy atom. The molecule has 4 nitrogen and oxygen atoms in total. The summed E-state index contributed by atoms with van der Waals surface area (Å²) in [7, 11) is 0. The van der Waals surface area contributed by atoms with Crippen molar-refractivity contribution < 1.29 is 14.7 Å². The second-order valence-electron chi connectivity index (χ2n) is 5.96. The zero-order valence-corrected chi connectivity index (χ0v) is 14.9. The Balaban J connectivity index is 2.17. The average Bonchev–Trinajstić information content (AvgIpc) is 3.06. The summed E-state index contributed by atoms with van der Waals surface area (Å²) in [5, 5.41) is 9.09. The molecule has 1 N–H and O–H groups in total. The molecule has 0 aliphatic heterocycles. The minimum absolute atomic E-state index is 0.0762. The lowest BCUT2D eigenvalue weighted by molar-refractivity contribution is 0.0696. The Kier molecular flexibility index (Phi) is 5.18. The van der Waals surface area contributed by atoms with Crippen LogP contribution in [0.1, 0.15) is 44.5 Å². The molecular formula is C23H19NO3. The maximum Gasteiger partial charge on any atom is 0.335 e. The molecule has 0 atom stereocenters. The molecule has 0 aliphatic carbocycles. The van der Waals surface area contributed by atoms with Crippen molar-refractivity contribution in [1.82, 2.24) is 4.57 Å². The highest BCUT2D eigenvalue weighted by molar-refractivity contribution is 6.11. The van der Waals surface area contributed by atoms with Crippen molar-refractivity contribution in [2.75, 3.05) is 0 Å². The lowest BCUT2D eigenvalue weighted by atomic mass is 10.0. The number of nitrogens with zero attached hydrogens (tertiary/aromatic N) is 1. The standard InChI is InChI=1S/C23H19NO3/c1-3-8-19-20(22(25)16-9-6-5-7-10-16)15-24(21(19)4-2)18-13-11-17(12-14-18)23(26)27/h3-15H,2H2,1H3,(H,26,27)/b8-3-. The first-order valence-corrected chi connectivity index (χ1v) is 8.50. The topological polar surface area (TPSA) is 59.3 Å². The number of rotatable bonds is 6. The van der Waals surface area contributed by atoms with Gasteiger partial charge in [0.05, 0.1) is 11.3 Å². The van der Waals surface area contributed by atoms with Crippen LogP contribution in [0.15, 0.2) is 73.4 Å². The summed E-state index contributed by atoms with van der Waals surface area (Å²) in [4.78, 5) is 24.1. The third-order valence-electron chi connectivity index (χ3n) is 4.28. The first-order chi connectivity index (χ1) is 13.1. The zero-order chi connectivity index (χ0) is 19.4. The molecule has 3 aromatic rings. The normalized spacial score (nSPS) is 10.9. The van der Waals surface area contributed by atoms with Crippen LogP contribution in [0.3, 0.4) is 0 Å². The number of ketones is 1. The van der Waals surface area contributed by atoms with Gasteiger partial charge in [0, 0.05) is 28.6 Å². The number of hydrogen-bond donors (Lipinski definition) is 1. The number of aromatic nitrogens is 1. The molecule has 0 saturated heterocycles. The van der Waals surface area contributed by atoms with Crippen molar-refractivity contribution in [3.05, 3.63) is 101 Å². The Bertz CT molecular complexity index is 1030. The number of hydrogen-bond acceptors (Lipinski definition) is 2. The van der Waals surface area contributed by atoms with Gasteiger partial charge >= 0.3 is 5.97 Å². The minimum atomic E-state index is -0.979. The van der Waals surface area contributed by atoms with E-state index in [-0.39, 0.29) is 11.3 Å². The van der Waals surface area contributed by atoms with Crippen LogP contribution in [0.25, 0.3) is 17.8 Å². The molecule has 0 bridgehead atoms. The second kappa shape index (κ2) is 7.70. The minimum Gasteiger partial charge on any atom is -0.478 e. The summed E-state index contributed by atoms with van der Waals surface area (Å²) < 4.78 is 1.85. The first-order valence-electron chi connectivity index (χ1n) is 8.50. The fraction of sp³-hybridized carbons (Fsp3) is 0.0435. The van der Waals surface area contributed by atoms with Gasteiger partial charge in [0.2, 0.25) is 0 Å². The van der Waals surface area contributed by atoms with Crippen LogP contribution in [0, 0.1) is 0 Å². The van der Waals surface area contributed by atoms with Gasteiger partial charge in [0.15, 0.2) is 5.78 Å². The molecule has 0 saturated carbocycles. The Hall–Kier alpha value is -3.66. The molecule has 0 amide bonds. The summed E-state index contributed by atoms with van der Waals surface area (Å²) >= 11 is 0. The second-order valence-corrected chi connectivity index (χ2v) is 5.96. The number of benzene rings is 2. The van der Waals surface area contributed by atoms with E-state index in [4.69, 9.17) is 5.11 Å². The lowest BCUT2D eigenvalue weighted by Crippen LogP contribution is -2.01. The van der Waals surface area contributed by atoms with Gasteiger partial charge in [-0.15, -0.1) is 0 Å². The van der Waals surface area contributed by atoms with Crippen LogP contribution in [-0.4, -0.2) is 21.4 Å². The monoisotopic (exact) mass is 357 g/mol. The SMILES string of the molecule is C=Cc1c(/C=C\C)c(C(=O)c2ccccc2)cn1-c1ccc(C(=O)O)cc1. The highest BCUT2D eigenvalue weighted by atomic mass is 16.4. The molecule has 0 unspecified atom stereocenters. The lowest BCUT2D eigenvalue weighted by Gasteiger charge is -2.07. The van der Waals surface area contributed by atoms with Crippen LogP contribution in [0.2, 0.25) is 0 Å². The van der Waals surface area contributed by atoms with E-state index in [1.165, 1.54) is 0 Å². The molecule has 0 fully saturated rings. The van der Waals surface area contributed by atoms with Crippen molar-refractivity contribution in [1.29, 1.82) is 0 Å². The van der Waals surface area contributed by atoms with Crippen molar-refractivity contribution in [3.8, 4) is 5.69 Å². The van der Waals surface area contributed by atoms with Crippen LogP contribution in [0.5, 0.6) is 0 Å². The van der Waals surface area contributed by atoms with Crippen molar-refractivity contribution in [2.24, 2.45) is 0 Å². The Labute approximate surface area is 157 Å². The number of carboxylic acids is 1. The quantitative estimate of drug-likeness (QED) is 0.626. The Morgan fingerprint density at radius 3 is 2.22 bits per heavy atom. The molecule has 2 aromatic carbocycles. The Morgan fingerprint density at radius 2 is 1.67 bits per heavy atom. The van der Waals surface area contributed by atoms with Gasteiger partial charge in [-0.3, -0.25) is 4.79 Å². The van der Waals surface area contributed by atoms with Crippen molar-refractivity contribution in [3.63, 3.8) is 0 Å². The van der Waals surface area contributed by atoms with E-state index in [2.05, 4.69) is 6.58 Å². The van der Waals surface area contributed by atoms with Crippen molar-refractivity contribution >= 4 is 23.9 Å². The maximum atomic E-state index is 13.0. The first kappa shape index (κ1) is 18.1. The summed E-state index contributed by atoms with van der Waals surface area (Å²) in [6, 6.07) is 15.6. The van der Waals surface area contributed by atoms with E-state index in [1.54, 1.807) is 48.7 Å². The largest absolute Gasteiger partial charge is 0.478 e. The van der Waals surface area contributed by atoms with Gasteiger partial charge < -0.3 is 9.67 Å². The van der Waals surface area contributed by atoms with E-state index < -0.39 is 5.97 Å². The summed E-state index contributed by atoms with van der Waals surface area (Å²) in [6.45, 7) is 5.78. The molecule has 4 heteroatoms. The van der Waals surface area contributed by atoms with Gasteiger partial charge in [0.25, 0.3) is 0 Å². The molecule has 3 rings (SSSR count). The van der Waals surface area contributed by atoms with E-state index in [9.17, 15) is 9.59 Å². The third kappa shape index (κ3) is 3.51. The van der Waals surface area contributed by atoms with E-state index in [1.807, 2.05) is 41.8 Å². The van der Waals surface area contributed by atoms with Crippen LogP contribution in [0.4, 0.5) is 0 Å². The highest BCUT2D eigenvalue weighted by Gasteiger charge is 2.19. The molecule has 27 heavy (non-hydrogen) atoms. The molecule has 0 aliphatic rings. The number of aromatic carboxylic acids is 1. The average molecular weight is 357 g/mol. The van der Waals surface area contributed by atoms with Gasteiger partial charge in [-0.25, -0.2) is 4.79 Å². The van der Waals surface area contributed by atoms with Gasteiger partial charge in [-0.05, 0) is 37.3 Å². The van der Waals surface area contributed by atoms with Crippen LogP contribution < -0.4 is 0 Å². The zero-order valence-electron chi connectivity index (χ0n) is 14.9. The van der Waals surface area contributed by atoms with Gasteiger partial charge in [-0.2, -0.15) is 0 Å². The molecular weight excluding hydrogens is 338 g/mol. The highest BCUT2D eigenvalue weighted by Crippen LogP contribution is 2.27. The predicted molar refractivity (Wildman–Crippen MR) is 107 cm³/mol. The third-order valence-corrected chi connectivity index (χ3v) is 4.28. The maximum absolute atomic E-state index is 13.0. The fourth-order valence-corrected chi connectivity index (χ4v) is 2.99. The van der Waals surface area contributed by atoms with E-state index in [0.29, 0.717) is 11.1 Å². The number of carboxylic acid groups (broad SMARTS) is 1. The number of carbonyl (C=O) groups excluding carboxylic acids is 1. The molecule has 1 heterocycles. The summed E-state index contributed by atoms with van der Waals surface area (Å²) in [5.74, 6) is -1.06. The molecule has 0 radical (unpaired) electrons. The number of carbonyl (C=O) groups is 2. The van der Waals surface area contributed by atoms with E-state index >= 15 is 0 Å². The molecule has 1 aromatic heterocycles. The predicted octanol–water partition coefficient (Wildman–Crippen LogP) is 5.08. The molecule has 0 spiro atoms. The summed E-state index contributed by atoms with van der Waals surface area (Å²) in [6.07, 6.45) is 7.23. The smallest absolute Gasteiger partial charge is 0.335 e. The summed E-state index contributed by atoms with van der Waals surface area (Å²) in [5.41, 5.74) is 3.70. The van der Waals surface area contributed by atoms with E-state index in [0.717, 1.165) is 16.9 Å². The number of allylic oxidation sites excluding steroid dienone is 1.